The number of aromatic nitrogens is 2. The third-order valence-corrected chi connectivity index (χ3v) is 4.55. The molecule has 0 aliphatic carbocycles. The van der Waals surface area contributed by atoms with E-state index in [0.29, 0.717) is 23.2 Å². The highest BCUT2D eigenvalue weighted by atomic mass is 19.4. The number of carboxylic acid groups (broad SMARTS) is 2. The number of pyridine rings is 1. The highest BCUT2D eigenvalue weighted by Gasteiger charge is 2.38. The van der Waals surface area contributed by atoms with E-state index in [-0.39, 0.29) is 0 Å². The zero-order valence-corrected chi connectivity index (χ0v) is 17.9. The van der Waals surface area contributed by atoms with Gasteiger partial charge in [-0.15, -0.1) is 0 Å². The predicted octanol–water partition coefficient (Wildman–Crippen LogP) is 3.18. The van der Waals surface area contributed by atoms with Gasteiger partial charge in [0.05, 0.1) is 5.69 Å². The SMILES string of the molecule is CCc1c(-c2ccc3[nH]c(CN(C)C)cc3c2)[nH]c(=O)c(C(=O)O)c1O.O=C(O)C(F)(F)F. The monoisotopic (exact) mass is 469 g/mol. The van der Waals surface area contributed by atoms with E-state index in [2.05, 4.69) is 14.9 Å². The molecule has 0 atom stereocenters. The number of fused-ring (bicyclic) bond motifs is 1. The molecule has 0 bridgehead atoms. The summed E-state index contributed by atoms with van der Waals surface area (Å²) in [6.45, 7) is 2.57. The number of carbonyl (C=O) groups is 2. The number of H-pyrrole nitrogens is 2. The predicted molar refractivity (Wildman–Crippen MR) is 113 cm³/mol. The number of hydrogen-bond donors (Lipinski definition) is 5. The highest BCUT2D eigenvalue weighted by Crippen LogP contribution is 2.31. The van der Waals surface area contributed by atoms with E-state index in [1.54, 1.807) is 6.92 Å². The van der Waals surface area contributed by atoms with Crippen molar-refractivity contribution in [2.75, 3.05) is 14.1 Å². The number of nitrogens with one attached hydrogen (secondary N) is 2. The summed E-state index contributed by atoms with van der Waals surface area (Å²) >= 11 is 0. The van der Waals surface area contributed by atoms with Crippen molar-refractivity contribution in [2.45, 2.75) is 26.1 Å². The van der Waals surface area contributed by atoms with Crippen LogP contribution in [0.2, 0.25) is 0 Å². The number of aliphatic carboxylic acids is 1. The number of benzene rings is 1. The number of halogens is 3. The van der Waals surface area contributed by atoms with Gasteiger partial charge in [-0.1, -0.05) is 13.0 Å². The summed E-state index contributed by atoms with van der Waals surface area (Å²) in [5.41, 5.74) is 2.16. The minimum absolute atomic E-state index is 0.384. The summed E-state index contributed by atoms with van der Waals surface area (Å²) < 4.78 is 31.7. The molecule has 9 nitrogen and oxygen atoms in total. The smallest absolute Gasteiger partial charge is 0.490 e. The molecule has 0 amide bonds. The zero-order valence-electron chi connectivity index (χ0n) is 17.9. The Morgan fingerprint density at radius 3 is 2.18 bits per heavy atom. The van der Waals surface area contributed by atoms with E-state index in [0.717, 1.165) is 23.1 Å². The Morgan fingerprint density at radius 1 is 1.09 bits per heavy atom. The number of aromatic hydroxyl groups is 1. The van der Waals surface area contributed by atoms with Crippen molar-refractivity contribution in [3.63, 3.8) is 0 Å². The van der Waals surface area contributed by atoms with Gasteiger partial charge in [0.25, 0.3) is 5.56 Å². The third kappa shape index (κ3) is 5.92. The molecule has 12 heteroatoms. The molecule has 3 rings (SSSR count). The van der Waals surface area contributed by atoms with E-state index in [9.17, 15) is 27.9 Å². The first-order valence-electron chi connectivity index (χ1n) is 9.54. The lowest BCUT2D eigenvalue weighted by atomic mass is 9.99. The maximum Gasteiger partial charge on any atom is 0.490 e. The van der Waals surface area contributed by atoms with Crippen molar-refractivity contribution in [1.82, 2.24) is 14.9 Å². The Kier molecular flexibility index (Phi) is 7.54. The summed E-state index contributed by atoms with van der Waals surface area (Å²) in [6.07, 6.45) is -4.70. The quantitative estimate of drug-likeness (QED) is 0.386. The Labute approximate surface area is 185 Å². The molecular formula is C21H22F3N3O6. The van der Waals surface area contributed by atoms with Gasteiger partial charge in [-0.25, -0.2) is 9.59 Å². The van der Waals surface area contributed by atoms with Crippen molar-refractivity contribution in [3.8, 4) is 17.0 Å². The van der Waals surface area contributed by atoms with Crippen LogP contribution < -0.4 is 5.56 Å². The molecule has 178 valence electrons. The fourth-order valence-corrected chi connectivity index (χ4v) is 3.19. The number of nitrogens with zero attached hydrogens (tertiary/aromatic N) is 1. The second-order valence-corrected chi connectivity index (χ2v) is 7.33. The summed E-state index contributed by atoms with van der Waals surface area (Å²) in [6, 6.07) is 7.69. The lowest BCUT2D eigenvalue weighted by Crippen LogP contribution is -2.21. The molecule has 5 N–H and O–H groups in total. The first-order chi connectivity index (χ1) is 15.3. The Balaban J connectivity index is 0.000000479. The molecule has 1 aromatic carbocycles. The molecule has 0 aliphatic heterocycles. The number of rotatable bonds is 5. The van der Waals surface area contributed by atoms with Gasteiger partial charge in [0.1, 0.15) is 5.75 Å². The first kappa shape index (κ1) is 25.5. The van der Waals surface area contributed by atoms with Crippen LogP contribution in [-0.2, 0) is 17.8 Å². The van der Waals surface area contributed by atoms with Crippen LogP contribution in [0.25, 0.3) is 22.2 Å². The summed E-state index contributed by atoms with van der Waals surface area (Å²) in [7, 11) is 3.98. The summed E-state index contributed by atoms with van der Waals surface area (Å²) in [5, 5.41) is 27.5. The average Bonchev–Trinajstić information content (AvgIpc) is 3.07. The largest absolute Gasteiger partial charge is 0.506 e. The van der Waals surface area contributed by atoms with E-state index in [1.807, 2.05) is 38.4 Å². The maximum atomic E-state index is 12.1. The fourth-order valence-electron chi connectivity index (χ4n) is 3.19. The number of alkyl halides is 3. The second-order valence-electron chi connectivity index (χ2n) is 7.33. The van der Waals surface area contributed by atoms with E-state index in [4.69, 9.17) is 15.0 Å². The van der Waals surface area contributed by atoms with Crippen molar-refractivity contribution < 1.29 is 38.1 Å². The molecule has 33 heavy (non-hydrogen) atoms. The van der Waals surface area contributed by atoms with Crippen LogP contribution in [0.5, 0.6) is 5.75 Å². The van der Waals surface area contributed by atoms with Gasteiger partial charge in [-0.3, -0.25) is 4.79 Å². The van der Waals surface area contributed by atoms with Crippen molar-refractivity contribution in [3.05, 3.63) is 51.4 Å². The van der Waals surface area contributed by atoms with Crippen molar-refractivity contribution in [2.24, 2.45) is 0 Å². The van der Waals surface area contributed by atoms with Crippen molar-refractivity contribution in [1.29, 1.82) is 0 Å². The highest BCUT2D eigenvalue weighted by molar-refractivity contribution is 5.92. The topological polar surface area (TPSA) is 147 Å². The minimum Gasteiger partial charge on any atom is -0.506 e. The standard InChI is InChI=1S/C19H21N3O4.C2HF3O2/c1-4-13-16(21-18(24)15(17(13)23)19(25)26)10-5-6-14-11(7-10)8-12(20-14)9-22(2)3;3-2(4,5)1(6)7/h5-8,20H,4,9H2,1-3H3,(H,25,26)(H2,21,23,24);(H,6,7). The van der Waals surface area contributed by atoms with E-state index < -0.39 is 35.0 Å². The molecule has 0 saturated heterocycles. The molecule has 0 aliphatic rings. The van der Waals surface area contributed by atoms with Crippen molar-refractivity contribution >= 4 is 22.8 Å². The lowest BCUT2D eigenvalue weighted by molar-refractivity contribution is -0.192. The molecule has 2 heterocycles. The minimum atomic E-state index is -5.08. The van der Waals surface area contributed by atoms with Crippen LogP contribution in [0.4, 0.5) is 13.2 Å². The van der Waals surface area contributed by atoms with Gasteiger partial charge in [0.15, 0.2) is 5.56 Å². The molecule has 3 aromatic rings. The van der Waals surface area contributed by atoms with E-state index >= 15 is 0 Å². The Bertz CT molecular complexity index is 1240. The zero-order chi connectivity index (χ0) is 25.1. The molecule has 0 spiro atoms. The normalized spacial score (nSPS) is 11.4. The van der Waals surface area contributed by atoms with Gasteiger partial charge < -0.3 is 30.2 Å². The maximum absolute atomic E-state index is 12.1. The molecule has 0 radical (unpaired) electrons. The summed E-state index contributed by atoms with van der Waals surface area (Å²) in [5.74, 6) is -4.67. The van der Waals surface area contributed by atoms with Gasteiger partial charge in [0, 0.05) is 28.7 Å². The van der Waals surface area contributed by atoms with Crippen LogP contribution in [0.15, 0.2) is 29.1 Å². The van der Waals surface area contributed by atoms with Crippen LogP contribution in [0.3, 0.4) is 0 Å². The van der Waals surface area contributed by atoms with Crippen LogP contribution >= 0.6 is 0 Å². The van der Waals surface area contributed by atoms with Crippen LogP contribution in [0, 0.1) is 0 Å². The second kappa shape index (κ2) is 9.77. The molecule has 0 fully saturated rings. The fraction of sp³-hybridized carbons (Fsp3) is 0.286. The Morgan fingerprint density at radius 2 is 1.70 bits per heavy atom. The molecular weight excluding hydrogens is 447 g/mol. The number of hydrogen-bond acceptors (Lipinski definition) is 5. The third-order valence-electron chi connectivity index (χ3n) is 4.55. The van der Waals surface area contributed by atoms with Crippen LogP contribution in [0.1, 0.15) is 28.5 Å². The number of carboxylic acids is 2. The number of aromatic carboxylic acids is 1. The van der Waals surface area contributed by atoms with E-state index in [1.165, 1.54) is 0 Å². The van der Waals surface area contributed by atoms with Gasteiger partial charge in [-0.05, 0) is 44.3 Å². The van der Waals surface area contributed by atoms with Gasteiger partial charge >= 0.3 is 18.1 Å². The Hall–Kier alpha value is -3.80. The molecule has 0 saturated carbocycles. The van der Waals surface area contributed by atoms with Gasteiger partial charge in [-0.2, -0.15) is 13.2 Å². The first-order valence-corrected chi connectivity index (χ1v) is 9.54. The molecule has 0 unspecified atom stereocenters. The van der Waals surface area contributed by atoms with Gasteiger partial charge in [0.2, 0.25) is 0 Å². The summed E-state index contributed by atoms with van der Waals surface area (Å²) in [4.78, 5) is 40.3. The average molecular weight is 469 g/mol. The number of aromatic amines is 2. The lowest BCUT2D eigenvalue weighted by Gasteiger charge is -2.12. The molecule has 2 aromatic heterocycles. The van der Waals surface area contributed by atoms with Crippen LogP contribution in [-0.4, -0.2) is 62.4 Å².